The molecule has 0 radical (unpaired) electrons. The molecule has 1 N–H and O–H groups in total. The van der Waals surface area contributed by atoms with E-state index in [1.807, 2.05) is 0 Å². The molecule has 0 saturated heterocycles. The van der Waals surface area contributed by atoms with Crippen molar-refractivity contribution in [1.82, 2.24) is 19.4 Å². The number of allylic oxidation sites excluding steroid dienone is 1. The van der Waals surface area contributed by atoms with Gasteiger partial charge in [-0.1, -0.05) is 12.0 Å². The highest BCUT2D eigenvalue weighted by Gasteiger charge is 2.49. The molecule has 162 valence electrons. The number of aryl methyl sites for hydroxylation is 1. The quantitative estimate of drug-likeness (QED) is 0.478. The van der Waals surface area contributed by atoms with Gasteiger partial charge in [0.1, 0.15) is 29.8 Å². The second-order valence-corrected chi connectivity index (χ2v) is 9.68. The smallest absolute Gasteiger partial charge is 0.275 e. The maximum absolute atomic E-state index is 13.2. The lowest BCUT2D eigenvalue weighted by atomic mass is 9.99. The summed E-state index contributed by atoms with van der Waals surface area (Å²) in [7, 11) is -2.27. The van der Waals surface area contributed by atoms with E-state index in [9.17, 15) is 22.4 Å². The Morgan fingerprint density at radius 2 is 2.16 bits per heavy atom. The predicted octanol–water partition coefficient (Wildman–Crippen LogP) is 0.255. The number of fused-ring (bicyclic) bond motifs is 1. The third kappa shape index (κ3) is 3.84. The summed E-state index contributed by atoms with van der Waals surface area (Å²) in [6.07, 6.45) is 13.5. The minimum absolute atomic E-state index is 0.0401. The number of aromatic nitrogens is 2. The molecular formula is C20H21FN5O4S+. The molecule has 0 spiro atoms. The Balaban J connectivity index is 1.70. The predicted molar refractivity (Wildman–Crippen MR) is 109 cm³/mol. The molecular weight excluding hydrogens is 425 g/mol. The number of urea groups is 1. The lowest BCUT2D eigenvalue weighted by Crippen LogP contribution is -2.52. The first-order chi connectivity index (χ1) is 14.7. The van der Waals surface area contributed by atoms with Crippen LogP contribution in [0.15, 0.2) is 36.2 Å². The van der Waals surface area contributed by atoms with Crippen LogP contribution >= 0.6 is 0 Å². The summed E-state index contributed by atoms with van der Waals surface area (Å²) >= 11 is 0. The van der Waals surface area contributed by atoms with Gasteiger partial charge in [0.15, 0.2) is 6.54 Å². The Morgan fingerprint density at radius 1 is 1.42 bits per heavy atom. The summed E-state index contributed by atoms with van der Waals surface area (Å²) in [5, 5.41) is 2.85. The van der Waals surface area contributed by atoms with Gasteiger partial charge in [-0.05, 0) is 25.0 Å². The van der Waals surface area contributed by atoms with Crippen molar-refractivity contribution >= 4 is 27.7 Å². The Morgan fingerprint density at radius 3 is 2.74 bits per heavy atom. The first kappa shape index (κ1) is 21.1. The molecule has 1 unspecified atom stereocenters. The number of carbonyl (C=O) groups is 2. The zero-order valence-electron chi connectivity index (χ0n) is 16.8. The molecule has 1 aromatic rings. The number of halogens is 1. The number of alkyl halides is 1. The third-order valence-corrected chi connectivity index (χ3v) is 7.18. The van der Waals surface area contributed by atoms with E-state index < -0.39 is 39.4 Å². The van der Waals surface area contributed by atoms with E-state index in [1.54, 1.807) is 17.9 Å². The second kappa shape index (κ2) is 7.55. The maximum Gasteiger partial charge on any atom is 0.502 e. The van der Waals surface area contributed by atoms with E-state index in [4.69, 9.17) is 6.42 Å². The van der Waals surface area contributed by atoms with Crippen LogP contribution in [0.4, 0.5) is 9.18 Å². The van der Waals surface area contributed by atoms with Crippen LogP contribution in [0, 0.1) is 12.3 Å². The van der Waals surface area contributed by atoms with Gasteiger partial charge in [-0.3, -0.25) is 4.68 Å². The van der Waals surface area contributed by atoms with E-state index in [1.165, 1.54) is 29.0 Å². The van der Waals surface area contributed by atoms with E-state index in [0.717, 1.165) is 4.90 Å². The van der Waals surface area contributed by atoms with Gasteiger partial charge in [-0.15, -0.1) is 6.42 Å². The van der Waals surface area contributed by atoms with Crippen molar-refractivity contribution in [2.75, 3.05) is 13.2 Å². The van der Waals surface area contributed by atoms with Crippen LogP contribution in [0.3, 0.4) is 0 Å². The number of terminal acetylenes is 1. The molecule has 1 fully saturated rings. The van der Waals surface area contributed by atoms with Crippen molar-refractivity contribution in [1.29, 1.82) is 0 Å². The van der Waals surface area contributed by atoms with Crippen LogP contribution in [-0.4, -0.2) is 69.3 Å². The monoisotopic (exact) mass is 446 g/mol. The molecule has 1 saturated carbocycles. The van der Waals surface area contributed by atoms with Crippen LogP contribution < -0.4 is 4.72 Å². The summed E-state index contributed by atoms with van der Waals surface area (Å²) in [6, 6.07) is -0.600. The van der Waals surface area contributed by atoms with Crippen molar-refractivity contribution in [3.63, 3.8) is 0 Å². The topological polar surface area (TPSA) is 104 Å². The van der Waals surface area contributed by atoms with E-state index in [-0.39, 0.29) is 24.4 Å². The Kier molecular flexibility index (Phi) is 5.15. The van der Waals surface area contributed by atoms with Crippen LogP contribution in [0.2, 0.25) is 0 Å². The molecule has 3 aliphatic rings. The fourth-order valence-electron chi connectivity index (χ4n) is 3.57. The Labute approximate surface area is 179 Å². The molecule has 2 heterocycles. The maximum atomic E-state index is 13.2. The van der Waals surface area contributed by atoms with Gasteiger partial charge in [0.05, 0.1) is 11.7 Å². The fraction of sp³-hybridized carbons (Fsp3) is 0.400. The normalized spacial score (nSPS) is 22.3. The molecule has 9 nitrogen and oxygen atoms in total. The highest BCUT2D eigenvalue weighted by molar-refractivity contribution is 7.90. The van der Waals surface area contributed by atoms with Crippen molar-refractivity contribution in [2.24, 2.45) is 7.05 Å². The minimum atomic E-state index is -3.98. The van der Waals surface area contributed by atoms with Gasteiger partial charge in [0.25, 0.3) is 0 Å². The molecule has 0 bridgehead atoms. The van der Waals surface area contributed by atoms with Crippen molar-refractivity contribution in [2.45, 2.75) is 30.2 Å². The van der Waals surface area contributed by atoms with Gasteiger partial charge in [-0.2, -0.15) is 19.4 Å². The number of nitrogens with one attached hydrogen (secondary N) is 1. The molecule has 3 amide bonds. The number of imide groups is 1. The molecule has 1 atom stereocenters. The second-order valence-electron chi connectivity index (χ2n) is 7.84. The molecule has 0 aromatic carbocycles. The first-order valence-electron chi connectivity index (χ1n) is 9.60. The summed E-state index contributed by atoms with van der Waals surface area (Å²) in [5.41, 5.74) is -0.122. The largest absolute Gasteiger partial charge is 0.502 e. The summed E-state index contributed by atoms with van der Waals surface area (Å²) in [6.45, 7) is -0.923. The van der Waals surface area contributed by atoms with Crippen LogP contribution in [-0.2, 0) is 28.4 Å². The van der Waals surface area contributed by atoms with Crippen molar-refractivity contribution in [3.8, 4) is 12.3 Å². The van der Waals surface area contributed by atoms with Gasteiger partial charge >= 0.3 is 11.9 Å². The SMILES string of the molecule is C#CC[N+]1=C2C=CC(S(=O)(=O)NC3(CF)CC3)C=C2C(=O)N(Cc2cnn(C)c2)C1=O. The van der Waals surface area contributed by atoms with Crippen molar-refractivity contribution < 1.29 is 27.0 Å². The van der Waals surface area contributed by atoms with Crippen LogP contribution in [0.25, 0.3) is 0 Å². The molecule has 1 aliphatic heterocycles. The molecule has 2 aliphatic carbocycles. The lowest BCUT2D eigenvalue weighted by molar-refractivity contribution is -0.422. The number of rotatable bonds is 7. The minimum Gasteiger partial charge on any atom is -0.275 e. The first-order valence-corrected chi connectivity index (χ1v) is 11.1. The average Bonchev–Trinajstić information content (AvgIpc) is 3.38. The van der Waals surface area contributed by atoms with Crippen LogP contribution in [0.1, 0.15) is 18.4 Å². The zero-order valence-corrected chi connectivity index (χ0v) is 17.6. The number of amides is 3. The number of carbonyl (C=O) groups excluding carboxylic acids is 2. The number of nitrogens with zero attached hydrogens (tertiary/aromatic N) is 4. The standard InChI is InChI=1S/C20H21FN5O4S/c1-3-8-25-17-5-4-15(31(29,30)23-20(13-21)6-7-20)9-16(17)18(27)26(19(25)28)12-14-10-22-24(2)11-14/h1,4-5,9-11,15,23H,6-8,12-13H2,2H3/q+1. The number of hydrogen-bond acceptors (Lipinski definition) is 5. The van der Waals surface area contributed by atoms with E-state index in [2.05, 4.69) is 15.7 Å². The summed E-state index contributed by atoms with van der Waals surface area (Å²) in [5.74, 6) is 1.76. The molecule has 31 heavy (non-hydrogen) atoms. The highest BCUT2D eigenvalue weighted by Crippen LogP contribution is 2.37. The van der Waals surface area contributed by atoms with E-state index >= 15 is 0 Å². The molecule has 1 aromatic heterocycles. The summed E-state index contributed by atoms with van der Waals surface area (Å²) < 4.78 is 44.0. The average molecular weight is 446 g/mol. The third-order valence-electron chi connectivity index (χ3n) is 5.45. The van der Waals surface area contributed by atoms with Gasteiger partial charge in [0, 0.05) is 18.8 Å². The Bertz CT molecular complexity index is 1200. The lowest BCUT2D eigenvalue weighted by Gasteiger charge is -2.25. The van der Waals surface area contributed by atoms with Gasteiger partial charge < -0.3 is 0 Å². The fourth-order valence-corrected chi connectivity index (χ4v) is 5.17. The zero-order chi connectivity index (χ0) is 22.4. The van der Waals surface area contributed by atoms with Crippen LogP contribution in [0.5, 0.6) is 0 Å². The molecule has 4 rings (SSSR count). The molecule has 11 heteroatoms. The van der Waals surface area contributed by atoms with E-state index in [0.29, 0.717) is 18.4 Å². The van der Waals surface area contributed by atoms with Gasteiger partial charge in [-0.25, -0.2) is 22.3 Å². The summed E-state index contributed by atoms with van der Waals surface area (Å²) in [4.78, 5) is 27.1. The van der Waals surface area contributed by atoms with Crippen molar-refractivity contribution in [3.05, 3.63) is 41.8 Å². The highest BCUT2D eigenvalue weighted by atomic mass is 32.2. The van der Waals surface area contributed by atoms with Gasteiger partial charge in [0.2, 0.25) is 10.0 Å². The number of sulfonamides is 1. The Hall–Kier alpha value is -3.10. The number of hydrogen-bond donors (Lipinski definition) is 1.